The monoisotopic (exact) mass is 245 g/mol. The Bertz CT molecular complexity index is 507. The van der Waals surface area contributed by atoms with Crippen molar-refractivity contribution in [1.29, 1.82) is 0 Å². The van der Waals surface area contributed by atoms with E-state index in [1.807, 2.05) is 39.3 Å². The number of nitrogens with zero attached hydrogens (tertiary/aromatic N) is 2. The number of hydrogen-bond acceptors (Lipinski definition) is 4. The van der Waals surface area contributed by atoms with E-state index < -0.39 is 0 Å². The van der Waals surface area contributed by atoms with Crippen LogP contribution in [0.2, 0.25) is 0 Å². The van der Waals surface area contributed by atoms with Crippen molar-refractivity contribution in [2.24, 2.45) is 0 Å². The van der Waals surface area contributed by atoms with Crippen LogP contribution in [-0.4, -0.2) is 19.1 Å². The van der Waals surface area contributed by atoms with E-state index in [1.165, 1.54) is 11.1 Å². The van der Waals surface area contributed by atoms with Gasteiger partial charge in [0.25, 0.3) is 0 Å². The fourth-order valence-electron chi connectivity index (χ4n) is 1.90. The average Bonchev–Trinajstić information content (AvgIpc) is 2.76. The molecule has 4 nitrogen and oxygen atoms in total. The summed E-state index contributed by atoms with van der Waals surface area (Å²) in [7, 11) is 3.98. The second-order valence-corrected chi connectivity index (χ2v) is 4.41. The molecule has 0 saturated carbocycles. The van der Waals surface area contributed by atoms with E-state index in [4.69, 9.17) is 4.42 Å². The van der Waals surface area contributed by atoms with Crippen LogP contribution in [0.15, 0.2) is 35.1 Å². The molecule has 0 bridgehead atoms. The van der Waals surface area contributed by atoms with Crippen molar-refractivity contribution in [2.75, 3.05) is 19.0 Å². The van der Waals surface area contributed by atoms with Crippen LogP contribution in [0.5, 0.6) is 0 Å². The summed E-state index contributed by atoms with van der Waals surface area (Å²) in [6, 6.07) is 6.13. The van der Waals surface area contributed by atoms with Crippen LogP contribution in [0.3, 0.4) is 0 Å². The molecule has 1 N–H and O–H groups in total. The van der Waals surface area contributed by atoms with Gasteiger partial charge in [0.2, 0.25) is 0 Å². The zero-order valence-corrected chi connectivity index (χ0v) is 11.1. The fraction of sp³-hybridized carbons (Fsp3) is 0.357. The van der Waals surface area contributed by atoms with Crippen LogP contribution in [-0.2, 0) is 13.1 Å². The quantitative estimate of drug-likeness (QED) is 0.878. The molecule has 18 heavy (non-hydrogen) atoms. The van der Waals surface area contributed by atoms with Gasteiger partial charge in [-0.05, 0) is 37.7 Å². The van der Waals surface area contributed by atoms with E-state index in [1.54, 1.807) is 6.26 Å². The Labute approximate surface area is 108 Å². The largest absolute Gasteiger partial charge is 0.469 e. The molecule has 0 aliphatic rings. The lowest BCUT2D eigenvalue weighted by atomic mass is 10.2. The smallest absolute Gasteiger partial charge is 0.128 e. The van der Waals surface area contributed by atoms with Crippen molar-refractivity contribution in [3.63, 3.8) is 0 Å². The summed E-state index contributed by atoms with van der Waals surface area (Å²) >= 11 is 0. The Balaban J connectivity index is 2.11. The fourth-order valence-corrected chi connectivity index (χ4v) is 1.90. The third-order valence-electron chi connectivity index (χ3n) is 2.96. The van der Waals surface area contributed by atoms with Gasteiger partial charge < -0.3 is 14.6 Å². The summed E-state index contributed by atoms with van der Waals surface area (Å²) in [6.45, 7) is 3.64. The predicted octanol–water partition coefficient (Wildman–Crippen LogP) is 2.34. The maximum Gasteiger partial charge on any atom is 0.128 e. The molecule has 2 rings (SSSR count). The Morgan fingerprint density at radius 1 is 1.39 bits per heavy atom. The number of pyridine rings is 1. The van der Waals surface area contributed by atoms with Gasteiger partial charge in [-0.25, -0.2) is 4.98 Å². The summed E-state index contributed by atoms with van der Waals surface area (Å²) in [6.07, 6.45) is 3.57. The standard InChI is InChI=1S/C14H19N3O/c1-11-13(5-7-18-11)10-17(3)14-8-12(9-15-2)4-6-16-14/h4-8,15H,9-10H2,1-3H3. The van der Waals surface area contributed by atoms with E-state index in [9.17, 15) is 0 Å². The molecule has 2 aromatic heterocycles. The molecule has 96 valence electrons. The lowest BCUT2D eigenvalue weighted by Gasteiger charge is -2.18. The minimum atomic E-state index is 0.804. The van der Waals surface area contributed by atoms with Gasteiger partial charge in [-0.15, -0.1) is 0 Å². The lowest BCUT2D eigenvalue weighted by molar-refractivity contribution is 0.529. The molecule has 0 amide bonds. The van der Waals surface area contributed by atoms with Crippen molar-refractivity contribution in [3.8, 4) is 0 Å². The Kier molecular flexibility index (Phi) is 3.99. The molecule has 0 spiro atoms. The molecule has 0 unspecified atom stereocenters. The molecule has 2 heterocycles. The molecule has 2 aromatic rings. The highest BCUT2D eigenvalue weighted by molar-refractivity contribution is 5.41. The summed E-state index contributed by atoms with van der Waals surface area (Å²) in [5.74, 6) is 1.94. The van der Waals surface area contributed by atoms with Crippen LogP contribution in [0, 0.1) is 6.92 Å². The minimum absolute atomic E-state index is 0.804. The zero-order valence-electron chi connectivity index (χ0n) is 11.1. The van der Waals surface area contributed by atoms with Crippen molar-refractivity contribution >= 4 is 5.82 Å². The first-order chi connectivity index (χ1) is 8.70. The second kappa shape index (κ2) is 5.69. The molecular formula is C14H19N3O. The highest BCUT2D eigenvalue weighted by Crippen LogP contribution is 2.16. The van der Waals surface area contributed by atoms with E-state index in [2.05, 4.69) is 21.3 Å². The number of aromatic nitrogens is 1. The Morgan fingerprint density at radius 3 is 2.89 bits per heavy atom. The molecule has 0 aromatic carbocycles. The third-order valence-corrected chi connectivity index (χ3v) is 2.96. The van der Waals surface area contributed by atoms with Crippen molar-refractivity contribution in [3.05, 3.63) is 47.5 Å². The lowest BCUT2D eigenvalue weighted by Crippen LogP contribution is -2.18. The maximum absolute atomic E-state index is 5.31. The van der Waals surface area contributed by atoms with Gasteiger partial charge in [-0.3, -0.25) is 0 Å². The van der Waals surface area contributed by atoms with Crippen molar-refractivity contribution in [1.82, 2.24) is 10.3 Å². The number of anilines is 1. The van der Waals surface area contributed by atoms with E-state index in [0.29, 0.717) is 0 Å². The van der Waals surface area contributed by atoms with Crippen molar-refractivity contribution in [2.45, 2.75) is 20.0 Å². The van der Waals surface area contributed by atoms with Crippen LogP contribution in [0.4, 0.5) is 5.82 Å². The van der Waals surface area contributed by atoms with Gasteiger partial charge in [0.15, 0.2) is 0 Å². The number of rotatable bonds is 5. The first-order valence-corrected chi connectivity index (χ1v) is 6.04. The third kappa shape index (κ3) is 2.90. The normalized spacial score (nSPS) is 10.6. The number of aryl methyl sites for hydroxylation is 1. The highest BCUT2D eigenvalue weighted by atomic mass is 16.3. The van der Waals surface area contributed by atoms with Gasteiger partial charge in [-0.1, -0.05) is 0 Å². The zero-order chi connectivity index (χ0) is 13.0. The topological polar surface area (TPSA) is 41.3 Å². The minimum Gasteiger partial charge on any atom is -0.469 e. The van der Waals surface area contributed by atoms with Gasteiger partial charge in [0, 0.05) is 31.9 Å². The molecule has 0 fully saturated rings. The maximum atomic E-state index is 5.31. The predicted molar refractivity (Wildman–Crippen MR) is 72.6 cm³/mol. The molecule has 0 aliphatic heterocycles. The summed E-state index contributed by atoms with van der Waals surface area (Å²) in [5.41, 5.74) is 2.43. The van der Waals surface area contributed by atoms with Gasteiger partial charge in [0.1, 0.15) is 11.6 Å². The molecular weight excluding hydrogens is 226 g/mol. The first kappa shape index (κ1) is 12.6. The first-order valence-electron chi connectivity index (χ1n) is 6.04. The summed E-state index contributed by atoms with van der Waals surface area (Å²) in [5, 5.41) is 3.14. The summed E-state index contributed by atoms with van der Waals surface area (Å²) < 4.78 is 5.31. The van der Waals surface area contributed by atoms with Crippen LogP contribution < -0.4 is 10.2 Å². The van der Waals surface area contributed by atoms with Crippen LogP contribution in [0.25, 0.3) is 0 Å². The molecule has 4 heteroatoms. The molecule has 0 saturated heterocycles. The van der Waals surface area contributed by atoms with E-state index in [-0.39, 0.29) is 0 Å². The van der Waals surface area contributed by atoms with Crippen LogP contribution in [0.1, 0.15) is 16.9 Å². The van der Waals surface area contributed by atoms with Gasteiger partial charge in [0.05, 0.1) is 6.26 Å². The highest BCUT2D eigenvalue weighted by Gasteiger charge is 2.07. The number of furan rings is 1. The molecule has 0 atom stereocenters. The molecule has 0 radical (unpaired) electrons. The van der Waals surface area contributed by atoms with E-state index in [0.717, 1.165) is 24.7 Å². The van der Waals surface area contributed by atoms with E-state index >= 15 is 0 Å². The number of hydrogen-bond donors (Lipinski definition) is 1. The average molecular weight is 245 g/mol. The van der Waals surface area contributed by atoms with Gasteiger partial charge in [-0.2, -0.15) is 0 Å². The molecule has 0 aliphatic carbocycles. The summed E-state index contributed by atoms with van der Waals surface area (Å²) in [4.78, 5) is 6.52. The number of nitrogens with one attached hydrogen (secondary N) is 1. The van der Waals surface area contributed by atoms with Crippen LogP contribution >= 0.6 is 0 Å². The Morgan fingerprint density at radius 2 is 2.22 bits per heavy atom. The SMILES string of the molecule is CNCc1ccnc(N(C)Cc2ccoc2C)c1. The van der Waals surface area contributed by atoms with Crippen molar-refractivity contribution < 1.29 is 4.42 Å². The second-order valence-electron chi connectivity index (χ2n) is 4.41. The van der Waals surface area contributed by atoms with Gasteiger partial charge >= 0.3 is 0 Å². The Hall–Kier alpha value is -1.81.